The number of hydrogen-bond donors (Lipinski definition) is 1. The van der Waals surface area contributed by atoms with E-state index >= 15 is 0 Å². The van der Waals surface area contributed by atoms with Crippen molar-refractivity contribution in [2.75, 3.05) is 20.8 Å². The first kappa shape index (κ1) is 25.3. The van der Waals surface area contributed by atoms with Crippen LogP contribution in [0.3, 0.4) is 0 Å². The molecule has 0 radical (unpaired) electrons. The zero-order valence-corrected chi connectivity index (χ0v) is 20.8. The Morgan fingerprint density at radius 3 is 2.41 bits per heavy atom. The molecule has 3 rings (SSSR count). The summed E-state index contributed by atoms with van der Waals surface area (Å²) in [6.07, 6.45) is 2.00. The number of ether oxygens (including phenoxy) is 2. The third-order valence-corrected chi connectivity index (χ3v) is 6.45. The number of hydrogen-bond acceptors (Lipinski definition) is 5. The topological polar surface area (TPSA) is 67.9 Å². The quantitative estimate of drug-likeness (QED) is 0.396. The second-order valence-corrected chi connectivity index (χ2v) is 8.97. The number of carbonyl (C=O) groups is 2. The first-order valence-electron chi connectivity index (χ1n) is 11.4. The largest absolute Gasteiger partial charge is 0.497 e. The molecule has 0 saturated heterocycles. The number of thiophene rings is 1. The van der Waals surface area contributed by atoms with Crippen LogP contribution in [0.1, 0.15) is 41.8 Å². The van der Waals surface area contributed by atoms with E-state index in [2.05, 4.69) is 12.2 Å². The van der Waals surface area contributed by atoms with Crippen molar-refractivity contribution in [1.82, 2.24) is 10.2 Å². The van der Waals surface area contributed by atoms with E-state index in [1.165, 1.54) is 0 Å². The van der Waals surface area contributed by atoms with Crippen LogP contribution in [0.2, 0.25) is 0 Å². The normalized spacial score (nSPS) is 11.5. The van der Waals surface area contributed by atoms with Gasteiger partial charge in [0.2, 0.25) is 11.8 Å². The van der Waals surface area contributed by atoms with Crippen molar-refractivity contribution in [3.63, 3.8) is 0 Å². The molecule has 0 aliphatic heterocycles. The Balaban J connectivity index is 1.88. The summed E-state index contributed by atoms with van der Waals surface area (Å²) in [4.78, 5) is 29.7. The average molecular weight is 481 g/mol. The van der Waals surface area contributed by atoms with Gasteiger partial charge in [0.05, 0.1) is 20.6 Å². The van der Waals surface area contributed by atoms with Gasteiger partial charge in [-0.05, 0) is 53.3 Å². The summed E-state index contributed by atoms with van der Waals surface area (Å²) in [6.45, 7) is 2.93. The minimum atomic E-state index is -0.757. The predicted octanol–water partition coefficient (Wildman–Crippen LogP) is 4.99. The van der Waals surface area contributed by atoms with Gasteiger partial charge in [-0.1, -0.05) is 43.7 Å². The molecule has 1 atom stereocenters. The Labute approximate surface area is 205 Å². The highest BCUT2D eigenvalue weighted by molar-refractivity contribution is 7.10. The smallest absolute Gasteiger partial charge is 0.247 e. The van der Waals surface area contributed by atoms with Crippen LogP contribution < -0.4 is 14.8 Å². The zero-order chi connectivity index (χ0) is 24.3. The van der Waals surface area contributed by atoms with E-state index in [0.29, 0.717) is 18.8 Å². The van der Waals surface area contributed by atoms with Gasteiger partial charge in [0, 0.05) is 18.0 Å². The molecular weight excluding hydrogens is 448 g/mol. The van der Waals surface area contributed by atoms with Crippen molar-refractivity contribution < 1.29 is 19.1 Å². The second kappa shape index (κ2) is 12.8. The first-order chi connectivity index (χ1) is 16.5. The Hall–Kier alpha value is -3.32. The Morgan fingerprint density at radius 1 is 1.00 bits per heavy atom. The number of benzene rings is 2. The van der Waals surface area contributed by atoms with E-state index in [0.717, 1.165) is 34.6 Å². The number of amides is 2. The third-order valence-electron chi connectivity index (χ3n) is 5.57. The van der Waals surface area contributed by atoms with Crippen LogP contribution in [0.4, 0.5) is 0 Å². The maximum Gasteiger partial charge on any atom is 0.247 e. The molecule has 1 N–H and O–H groups in total. The van der Waals surface area contributed by atoms with Crippen LogP contribution in [-0.2, 0) is 22.6 Å². The predicted molar refractivity (Wildman–Crippen MR) is 135 cm³/mol. The van der Waals surface area contributed by atoms with Crippen molar-refractivity contribution in [1.29, 1.82) is 0 Å². The van der Waals surface area contributed by atoms with Gasteiger partial charge in [-0.3, -0.25) is 9.59 Å². The maximum absolute atomic E-state index is 13.6. The van der Waals surface area contributed by atoms with Crippen molar-refractivity contribution >= 4 is 23.2 Å². The van der Waals surface area contributed by atoms with E-state index in [4.69, 9.17) is 9.47 Å². The van der Waals surface area contributed by atoms with Gasteiger partial charge in [0.15, 0.2) is 0 Å². The van der Waals surface area contributed by atoms with E-state index in [9.17, 15) is 9.59 Å². The highest BCUT2D eigenvalue weighted by atomic mass is 32.1. The van der Waals surface area contributed by atoms with E-state index in [1.807, 2.05) is 66.0 Å². The summed E-state index contributed by atoms with van der Waals surface area (Å²) in [6, 6.07) is 18.1. The summed E-state index contributed by atoms with van der Waals surface area (Å²) in [5.41, 5.74) is 1.67. The lowest BCUT2D eigenvalue weighted by atomic mass is 10.0. The van der Waals surface area contributed by atoms with Gasteiger partial charge in [0.1, 0.15) is 17.5 Å². The summed E-state index contributed by atoms with van der Waals surface area (Å²) in [5.74, 6) is 1.11. The molecule has 0 fully saturated rings. The Morgan fingerprint density at radius 2 is 1.76 bits per heavy atom. The van der Waals surface area contributed by atoms with Crippen LogP contribution in [0.15, 0.2) is 66.0 Å². The summed E-state index contributed by atoms with van der Waals surface area (Å²) < 4.78 is 10.6. The molecule has 34 heavy (non-hydrogen) atoms. The lowest BCUT2D eigenvalue weighted by molar-refractivity contribution is -0.140. The Kier molecular flexibility index (Phi) is 9.52. The minimum Gasteiger partial charge on any atom is -0.497 e. The van der Waals surface area contributed by atoms with Crippen molar-refractivity contribution in [2.24, 2.45) is 0 Å². The molecule has 1 unspecified atom stereocenters. The highest BCUT2D eigenvalue weighted by Gasteiger charge is 2.31. The van der Waals surface area contributed by atoms with Gasteiger partial charge in [-0.15, -0.1) is 11.3 Å². The molecule has 0 saturated carbocycles. The van der Waals surface area contributed by atoms with Crippen molar-refractivity contribution in [2.45, 2.75) is 38.8 Å². The molecular formula is C27H32N2O4S. The second-order valence-electron chi connectivity index (χ2n) is 7.94. The fourth-order valence-electron chi connectivity index (χ4n) is 3.70. The molecule has 0 aliphatic carbocycles. The molecule has 0 bridgehead atoms. The van der Waals surface area contributed by atoms with Gasteiger partial charge in [0.25, 0.3) is 0 Å². The molecule has 6 nitrogen and oxygen atoms in total. The van der Waals surface area contributed by atoms with E-state index in [-0.39, 0.29) is 18.2 Å². The standard InChI is InChI=1S/C27H32N2O4S/c1-4-5-15-29(25(30)18-24-10-7-16-34-24)26(21-8-6-9-23(17-21)33-3)27(31)28-19-20-11-13-22(32-2)14-12-20/h6-14,16-17,26H,4-5,15,18-19H2,1-3H3,(H,28,31). The lowest BCUT2D eigenvalue weighted by Crippen LogP contribution is -2.44. The van der Waals surface area contributed by atoms with Crippen molar-refractivity contribution in [3.05, 3.63) is 82.0 Å². The van der Waals surface area contributed by atoms with Gasteiger partial charge in [-0.2, -0.15) is 0 Å². The number of carbonyl (C=O) groups excluding carboxylic acids is 2. The zero-order valence-electron chi connectivity index (χ0n) is 20.0. The first-order valence-corrected chi connectivity index (χ1v) is 12.3. The Bertz CT molecular complexity index is 1050. The molecule has 180 valence electrons. The minimum absolute atomic E-state index is 0.0664. The molecule has 7 heteroatoms. The number of nitrogens with one attached hydrogen (secondary N) is 1. The number of unbranched alkanes of at least 4 members (excludes halogenated alkanes) is 1. The maximum atomic E-state index is 13.6. The molecule has 1 aromatic heterocycles. The van der Waals surface area contributed by atoms with Gasteiger partial charge >= 0.3 is 0 Å². The molecule has 0 aliphatic rings. The molecule has 2 amide bonds. The molecule has 2 aromatic carbocycles. The lowest BCUT2D eigenvalue weighted by Gasteiger charge is -2.31. The SMILES string of the molecule is CCCCN(C(=O)Cc1cccs1)C(C(=O)NCc1ccc(OC)cc1)c1cccc(OC)c1. The fourth-order valence-corrected chi connectivity index (χ4v) is 4.40. The van der Waals surface area contributed by atoms with E-state index in [1.54, 1.807) is 30.5 Å². The molecule has 3 aromatic rings. The van der Waals surface area contributed by atoms with Crippen LogP contribution in [-0.4, -0.2) is 37.5 Å². The number of rotatable bonds is 12. The van der Waals surface area contributed by atoms with Crippen LogP contribution in [0, 0.1) is 0 Å². The third kappa shape index (κ3) is 6.84. The summed E-state index contributed by atoms with van der Waals surface area (Å²) >= 11 is 1.55. The number of methoxy groups -OCH3 is 2. The van der Waals surface area contributed by atoms with Gasteiger partial charge in [-0.25, -0.2) is 0 Å². The molecule has 0 spiro atoms. The van der Waals surface area contributed by atoms with Crippen molar-refractivity contribution in [3.8, 4) is 11.5 Å². The van der Waals surface area contributed by atoms with Gasteiger partial charge < -0.3 is 19.7 Å². The summed E-state index contributed by atoms with van der Waals surface area (Å²) in [7, 11) is 3.21. The highest BCUT2D eigenvalue weighted by Crippen LogP contribution is 2.27. The van der Waals surface area contributed by atoms with Crippen LogP contribution >= 0.6 is 11.3 Å². The fraction of sp³-hybridized carbons (Fsp3) is 0.333. The summed E-state index contributed by atoms with van der Waals surface area (Å²) in [5, 5.41) is 4.99. The number of nitrogens with zero attached hydrogens (tertiary/aromatic N) is 1. The average Bonchev–Trinajstić information content (AvgIpc) is 3.38. The van der Waals surface area contributed by atoms with Crippen LogP contribution in [0.5, 0.6) is 11.5 Å². The monoisotopic (exact) mass is 480 g/mol. The van der Waals surface area contributed by atoms with Crippen LogP contribution in [0.25, 0.3) is 0 Å². The molecule has 1 heterocycles. The van der Waals surface area contributed by atoms with E-state index < -0.39 is 6.04 Å².